The van der Waals surface area contributed by atoms with Crippen LogP contribution in [-0.2, 0) is 9.47 Å². The fourth-order valence-corrected chi connectivity index (χ4v) is 3.22. The van der Waals surface area contributed by atoms with Crippen molar-refractivity contribution in [2.45, 2.75) is 13.0 Å². The van der Waals surface area contributed by atoms with Gasteiger partial charge in [0.2, 0.25) is 5.95 Å². The van der Waals surface area contributed by atoms with Crippen LogP contribution < -0.4 is 10.6 Å². The first-order valence-electron chi connectivity index (χ1n) is 8.96. The third-order valence-electron chi connectivity index (χ3n) is 4.62. The number of nitrogens with two attached hydrogens (primary N) is 1. The van der Waals surface area contributed by atoms with E-state index in [1.807, 2.05) is 10.7 Å². The van der Waals surface area contributed by atoms with Gasteiger partial charge in [-0.2, -0.15) is 10.1 Å². The van der Waals surface area contributed by atoms with Crippen LogP contribution in [0, 0.1) is 0 Å². The second-order valence-electron chi connectivity index (χ2n) is 6.57. The Kier molecular flexibility index (Phi) is 4.87. The Labute approximate surface area is 157 Å². The van der Waals surface area contributed by atoms with E-state index in [1.165, 1.54) is 0 Å². The van der Waals surface area contributed by atoms with Gasteiger partial charge in [0.25, 0.3) is 0 Å². The van der Waals surface area contributed by atoms with Crippen molar-refractivity contribution in [2.24, 2.45) is 0 Å². The molecule has 3 aromatic heterocycles. The maximum atomic E-state index is 5.75. The highest BCUT2D eigenvalue weighted by atomic mass is 16.5. The number of nitrogen functional groups attached to an aromatic ring is 1. The van der Waals surface area contributed by atoms with Gasteiger partial charge in [0.1, 0.15) is 5.82 Å². The number of morpholine rings is 1. The molecule has 0 aromatic carbocycles. The molecule has 1 saturated heterocycles. The molecule has 0 bridgehead atoms. The Hall–Kier alpha value is -2.78. The van der Waals surface area contributed by atoms with Crippen molar-refractivity contribution in [2.75, 3.05) is 50.7 Å². The summed E-state index contributed by atoms with van der Waals surface area (Å²) in [5, 5.41) is 5.43. The van der Waals surface area contributed by atoms with Gasteiger partial charge in [0.15, 0.2) is 5.65 Å². The third-order valence-corrected chi connectivity index (χ3v) is 4.62. The van der Waals surface area contributed by atoms with E-state index >= 15 is 0 Å². The van der Waals surface area contributed by atoms with Gasteiger partial charge in [-0.05, 0) is 19.1 Å². The van der Waals surface area contributed by atoms with Crippen LogP contribution in [0.5, 0.6) is 0 Å². The molecule has 9 nitrogen and oxygen atoms in total. The van der Waals surface area contributed by atoms with Crippen molar-refractivity contribution in [1.29, 1.82) is 0 Å². The minimum Gasteiger partial charge on any atom is -0.384 e. The highest BCUT2D eigenvalue weighted by Gasteiger charge is 2.21. The Morgan fingerprint density at radius 2 is 2.04 bits per heavy atom. The van der Waals surface area contributed by atoms with Crippen LogP contribution in [0.1, 0.15) is 13.0 Å². The molecule has 0 spiro atoms. The Bertz CT molecular complexity index is 919. The molecule has 2 N–H and O–H groups in total. The van der Waals surface area contributed by atoms with Crippen LogP contribution in [-0.4, -0.2) is 64.8 Å². The average molecular weight is 369 g/mol. The molecule has 4 heterocycles. The number of methoxy groups -OCH3 is 1. The van der Waals surface area contributed by atoms with Crippen molar-refractivity contribution in [3.63, 3.8) is 0 Å². The number of nitrogens with zero attached hydrogens (tertiary/aromatic N) is 6. The number of rotatable bonds is 5. The van der Waals surface area contributed by atoms with Crippen LogP contribution >= 0.6 is 0 Å². The smallest absolute Gasteiger partial charge is 0.228 e. The summed E-state index contributed by atoms with van der Waals surface area (Å²) < 4.78 is 12.6. The monoisotopic (exact) mass is 369 g/mol. The van der Waals surface area contributed by atoms with E-state index in [9.17, 15) is 0 Å². The van der Waals surface area contributed by atoms with E-state index in [-0.39, 0.29) is 6.04 Å². The predicted molar refractivity (Wildman–Crippen MR) is 103 cm³/mol. The SMILES string of the molecule is COCC(C)n1ncc2c(-c3ccc(N)nc3)nc(N3CCOCC3)nc21. The molecular weight excluding hydrogens is 346 g/mol. The lowest BCUT2D eigenvalue weighted by Crippen LogP contribution is -2.37. The van der Waals surface area contributed by atoms with E-state index in [2.05, 4.69) is 21.9 Å². The third kappa shape index (κ3) is 3.43. The summed E-state index contributed by atoms with van der Waals surface area (Å²) in [7, 11) is 1.68. The molecule has 142 valence electrons. The average Bonchev–Trinajstić information content (AvgIpc) is 3.13. The number of ether oxygens (including phenoxy) is 2. The number of hydrogen-bond donors (Lipinski definition) is 1. The molecule has 1 aliphatic heterocycles. The summed E-state index contributed by atoms with van der Waals surface area (Å²) in [6, 6.07) is 3.75. The van der Waals surface area contributed by atoms with Crippen LogP contribution in [0.2, 0.25) is 0 Å². The summed E-state index contributed by atoms with van der Waals surface area (Å²) in [6.45, 7) is 5.45. The molecule has 0 saturated carbocycles. The second-order valence-corrected chi connectivity index (χ2v) is 6.57. The van der Waals surface area contributed by atoms with E-state index < -0.39 is 0 Å². The highest BCUT2D eigenvalue weighted by molar-refractivity contribution is 5.91. The molecule has 0 aliphatic carbocycles. The first-order chi connectivity index (χ1) is 13.2. The van der Waals surface area contributed by atoms with Crippen molar-refractivity contribution in [3.8, 4) is 11.3 Å². The summed E-state index contributed by atoms with van der Waals surface area (Å²) in [4.78, 5) is 16.0. The Balaban J connectivity index is 1.87. The molecule has 1 fully saturated rings. The van der Waals surface area contributed by atoms with Crippen molar-refractivity contribution in [1.82, 2.24) is 24.7 Å². The molecule has 1 aliphatic rings. The number of pyridine rings is 1. The van der Waals surface area contributed by atoms with E-state index in [0.29, 0.717) is 31.6 Å². The number of aromatic nitrogens is 5. The fourth-order valence-electron chi connectivity index (χ4n) is 3.22. The molecule has 1 atom stereocenters. The lowest BCUT2D eigenvalue weighted by molar-refractivity contribution is 0.122. The largest absolute Gasteiger partial charge is 0.384 e. The molecule has 1 unspecified atom stereocenters. The zero-order chi connectivity index (χ0) is 18.8. The minimum atomic E-state index is 0.0531. The van der Waals surface area contributed by atoms with Gasteiger partial charge < -0.3 is 20.1 Å². The summed E-state index contributed by atoms with van der Waals surface area (Å²) in [6.07, 6.45) is 3.53. The van der Waals surface area contributed by atoms with Gasteiger partial charge in [-0.1, -0.05) is 0 Å². The van der Waals surface area contributed by atoms with Crippen LogP contribution in [0.3, 0.4) is 0 Å². The van der Waals surface area contributed by atoms with E-state index in [1.54, 1.807) is 25.6 Å². The molecular formula is C18H23N7O2. The minimum absolute atomic E-state index is 0.0531. The van der Waals surface area contributed by atoms with Crippen molar-refractivity contribution < 1.29 is 9.47 Å². The maximum absolute atomic E-state index is 5.75. The molecule has 27 heavy (non-hydrogen) atoms. The summed E-state index contributed by atoms with van der Waals surface area (Å²) in [5.41, 5.74) is 8.20. The summed E-state index contributed by atoms with van der Waals surface area (Å²) >= 11 is 0. The van der Waals surface area contributed by atoms with Gasteiger partial charge in [0.05, 0.1) is 43.1 Å². The first kappa shape index (κ1) is 17.6. The van der Waals surface area contributed by atoms with Crippen molar-refractivity contribution in [3.05, 3.63) is 24.5 Å². The predicted octanol–water partition coefficient (Wildman–Crippen LogP) is 1.51. The Morgan fingerprint density at radius 1 is 1.22 bits per heavy atom. The van der Waals surface area contributed by atoms with Crippen LogP contribution in [0.25, 0.3) is 22.3 Å². The standard InChI is InChI=1S/C18H23N7O2/c1-12(11-26-2)25-17-14(10-21-25)16(13-3-4-15(19)20-9-13)22-18(23-17)24-5-7-27-8-6-24/h3-4,9-10,12H,5-8,11H2,1-2H3,(H2,19,20). The number of hydrogen-bond acceptors (Lipinski definition) is 8. The first-order valence-corrected chi connectivity index (χ1v) is 8.96. The maximum Gasteiger partial charge on any atom is 0.228 e. The molecule has 0 radical (unpaired) electrons. The van der Waals surface area contributed by atoms with E-state index in [0.717, 1.165) is 35.4 Å². The van der Waals surface area contributed by atoms with Crippen LogP contribution in [0.4, 0.5) is 11.8 Å². The van der Waals surface area contributed by atoms with E-state index in [4.69, 9.17) is 25.2 Å². The normalized spacial score (nSPS) is 16.0. The topological polar surface area (TPSA) is 104 Å². The number of anilines is 2. The zero-order valence-corrected chi connectivity index (χ0v) is 15.5. The Morgan fingerprint density at radius 3 is 2.74 bits per heavy atom. The molecule has 0 amide bonds. The van der Waals surface area contributed by atoms with Gasteiger partial charge in [0, 0.05) is 32.0 Å². The second kappa shape index (κ2) is 7.45. The van der Waals surface area contributed by atoms with Gasteiger partial charge >= 0.3 is 0 Å². The lowest BCUT2D eigenvalue weighted by atomic mass is 10.1. The van der Waals surface area contributed by atoms with Gasteiger partial charge in [-0.15, -0.1) is 0 Å². The summed E-state index contributed by atoms with van der Waals surface area (Å²) in [5.74, 6) is 1.14. The molecule has 4 rings (SSSR count). The molecule has 3 aromatic rings. The van der Waals surface area contributed by atoms with Crippen molar-refractivity contribution >= 4 is 22.8 Å². The fraction of sp³-hybridized carbons (Fsp3) is 0.444. The van der Waals surface area contributed by atoms with Gasteiger partial charge in [-0.3, -0.25) is 0 Å². The number of fused-ring (bicyclic) bond motifs is 1. The molecule has 9 heteroatoms. The quantitative estimate of drug-likeness (QED) is 0.722. The van der Waals surface area contributed by atoms with Gasteiger partial charge in [-0.25, -0.2) is 14.6 Å². The highest BCUT2D eigenvalue weighted by Crippen LogP contribution is 2.29. The lowest BCUT2D eigenvalue weighted by Gasteiger charge is -2.27. The van der Waals surface area contributed by atoms with Crippen LogP contribution in [0.15, 0.2) is 24.5 Å². The zero-order valence-electron chi connectivity index (χ0n) is 15.5.